The van der Waals surface area contributed by atoms with Gasteiger partial charge in [0.15, 0.2) is 5.82 Å². The number of hydrogen-bond donors (Lipinski definition) is 3. The standard InChI is InChI=1S/C20H28N6O3/c1-12(2)17(27)20(28)22-10-6-5-9-21-18-19-25-24-13(3)26(19)16-8-7-14(29-4)11-15(16)23-18/h7-8,11-12,17,27H,5-6,9-10H2,1-4H3,(H,21,23)(H,22,28)/t17-/m0/s1. The number of amides is 1. The van der Waals surface area contributed by atoms with Crippen LogP contribution in [0.15, 0.2) is 18.2 Å². The van der Waals surface area contributed by atoms with Crippen molar-refractivity contribution in [1.82, 2.24) is 24.9 Å². The van der Waals surface area contributed by atoms with Gasteiger partial charge < -0.3 is 20.5 Å². The quantitative estimate of drug-likeness (QED) is 0.470. The number of nitrogens with zero attached hydrogens (tertiary/aromatic N) is 4. The molecule has 2 aromatic heterocycles. The van der Waals surface area contributed by atoms with Crippen molar-refractivity contribution in [2.24, 2.45) is 5.92 Å². The van der Waals surface area contributed by atoms with E-state index in [1.807, 2.05) is 43.4 Å². The second kappa shape index (κ2) is 9.04. The molecule has 0 spiro atoms. The van der Waals surface area contributed by atoms with Gasteiger partial charge in [-0.3, -0.25) is 9.20 Å². The molecule has 0 saturated heterocycles. The van der Waals surface area contributed by atoms with Gasteiger partial charge in [0.25, 0.3) is 0 Å². The number of nitrogens with one attached hydrogen (secondary N) is 2. The summed E-state index contributed by atoms with van der Waals surface area (Å²) in [5.74, 6) is 1.76. The largest absolute Gasteiger partial charge is 0.497 e. The average Bonchev–Trinajstić information content (AvgIpc) is 3.11. The van der Waals surface area contributed by atoms with E-state index in [1.54, 1.807) is 7.11 Å². The van der Waals surface area contributed by atoms with Crippen LogP contribution in [-0.2, 0) is 4.79 Å². The fraction of sp³-hybridized carbons (Fsp3) is 0.500. The molecule has 2 heterocycles. The SMILES string of the molecule is COc1ccc2c(c1)nc(NCCCCNC(=O)[C@@H](O)C(C)C)c1nnc(C)n12. The number of rotatable bonds is 9. The summed E-state index contributed by atoms with van der Waals surface area (Å²) in [5, 5.41) is 24.2. The smallest absolute Gasteiger partial charge is 0.249 e. The maximum atomic E-state index is 11.7. The number of methoxy groups -OCH3 is 1. The molecule has 0 aliphatic heterocycles. The Bertz CT molecular complexity index is 1000. The number of aliphatic hydroxyl groups is 1. The summed E-state index contributed by atoms with van der Waals surface area (Å²) < 4.78 is 7.28. The predicted octanol–water partition coefficient (Wildman–Crippen LogP) is 1.92. The van der Waals surface area contributed by atoms with Gasteiger partial charge in [0.1, 0.15) is 17.7 Å². The van der Waals surface area contributed by atoms with E-state index in [2.05, 4.69) is 20.8 Å². The fourth-order valence-corrected chi connectivity index (χ4v) is 3.08. The van der Waals surface area contributed by atoms with Gasteiger partial charge in [-0.05, 0) is 37.8 Å². The first kappa shape index (κ1) is 20.8. The zero-order chi connectivity index (χ0) is 21.0. The maximum absolute atomic E-state index is 11.7. The summed E-state index contributed by atoms with van der Waals surface area (Å²) in [4.78, 5) is 16.4. The van der Waals surface area contributed by atoms with E-state index in [0.717, 1.165) is 35.4 Å². The van der Waals surface area contributed by atoms with E-state index in [9.17, 15) is 9.90 Å². The molecular formula is C20H28N6O3. The third-order valence-corrected chi connectivity index (χ3v) is 4.79. The lowest BCUT2D eigenvalue weighted by atomic mass is 10.1. The van der Waals surface area contributed by atoms with Gasteiger partial charge in [-0.2, -0.15) is 0 Å². The van der Waals surface area contributed by atoms with Crippen LogP contribution in [0.4, 0.5) is 5.82 Å². The van der Waals surface area contributed by atoms with Crippen LogP contribution in [0.3, 0.4) is 0 Å². The van der Waals surface area contributed by atoms with Crippen molar-refractivity contribution in [1.29, 1.82) is 0 Å². The number of aromatic nitrogens is 4. The average molecular weight is 400 g/mol. The Balaban J connectivity index is 1.63. The van der Waals surface area contributed by atoms with Crippen LogP contribution in [0.2, 0.25) is 0 Å². The van der Waals surface area contributed by atoms with Crippen LogP contribution < -0.4 is 15.4 Å². The molecule has 0 aliphatic carbocycles. The van der Waals surface area contributed by atoms with E-state index < -0.39 is 6.10 Å². The van der Waals surface area contributed by atoms with Gasteiger partial charge in [-0.15, -0.1) is 10.2 Å². The minimum absolute atomic E-state index is 0.0942. The normalized spacial score (nSPS) is 12.5. The van der Waals surface area contributed by atoms with Crippen LogP contribution in [-0.4, -0.2) is 56.9 Å². The number of aliphatic hydroxyl groups excluding tert-OH is 1. The zero-order valence-electron chi connectivity index (χ0n) is 17.3. The minimum atomic E-state index is -0.962. The van der Waals surface area contributed by atoms with Crippen molar-refractivity contribution < 1.29 is 14.6 Å². The first-order valence-electron chi connectivity index (χ1n) is 9.81. The number of fused-ring (bicyclic) bond motifs is 3. The molecular weight excluding hydrogens is 372 g/mol. The van der Waals surface area contributed by atoms with Crippen LogP contribution in [0.25, 0.3) is 16.7 Å². The zero-order valence-corrected chi connectivity index (χ0v) is 17.3. The van der Waals surface area contributed by atoms with E-state index in [-0.39, 0.29) is 11.8 Å². The lowest BCUT2D eigenvalue weighted by Crippen LogP contribution is -2.38. The number of carbonyl (C=O) groups excluding carboxylic acids is 1. The Labute approximate surface area is 169 Å². The van der Waals surface area contributed by atoms with Gasteiger partial charge >= 0.3 is 0 Å². The molecule has 0 bridgehead atoms. The van der Waals surface area contributed by atoms with E-state index >= 15 is 0 Å². The summed E-state index contributed by atoms with van der Waals surface area (Å²) in [6.45, 7) is 6.72. The van der Waals surface area contributed by atoms with Gasteiger partial charge in [-0.1, -0.05) is 13.8 Å². The van der Waals surface area contributed by atoms with Crippen LogP contribution >= 0.6 is 0 Å². The Morgan fingerprint density at radius 2 is 2.00 bits per heavy atom. The molecule has 156 valence electrons. The summed E-state index contributed by atoms with van der Waals surface area (Å²) >= 11 is 0. The second-order valence-electron chi connectivity index (χ2n) is 7.34. The molecule has 0 saturated carbocycles. The van der Waals surface area contributed by atoms with Gasteiger partial charge in [0.2, 0.25) is 11.6 Å². The van der Waals surface area contributed by atoms with E-state index in [1.165, 1.54) is 0 Å². The number of unbranched alkanes of at least 4 members (excludes halogenated alkanes) is 1. The van der Waals surface area contributed by atoms with Crippen molar-refractivity contribution in [3.05, 3.63) is 24.0 Å². The summed E-state index contributed by atoms with van der Waals surface area (Å²) in [7, 11) is 1.63. The molecule has 3 rings (SSSR count). The first-order chi connectivity index (χ1) is 13.9. The summed E-state index contributed by atoms with van der Waals surface area (Å²) in [5.41, 5.74) is 2.38. The number of carbonyl (C=O) groups is 1. The van der Waals surface area contributed by atoms with Gasteiger partial charge in [-0.25, -0.2) is 4.98 Å². The summed E-state index contributed by atoms with van der Waals surface area (Å²) in [6.07, 6.45) is 0.652. The number of ether oxygens (including phenoxy) is 1. The summed E-state index contributed by atoms with van der Waals surface area (Å²) in [6, 6.07) is 5.72. The highest BCUT2D eigenvalue weighted by atomic mass is 16.5. The number of benzene rings is 1. The second-order valence-corrected chi connectivity index (χ2v) is 7.34. The van der Waals surface area contributed by atoms with Crippen LogP contribution in [0.1, 0.15) is 32.5 Å². The molecule has 1 aromatic carbocycles. The highest BCUT2D eigenvalue weighted by Crippen LogP contribution is 2.24. The first-order valence-corrected chi connectivity index (χ1v) is 9.81. The Kier molecular flexibility index (Phi) is 6.48. The number of aryl methyl sites for hydroxylation is 1. The highest BCUT2D eigenvalue weighted by Gasteiger charge is 2.18. The van der Waals surface area contributed by atoms with Crippen molar-refractivity contribution in [3.63, 3.8) is 0 Å². The Morgan fingerprint density at radius 1 is 1.24 bits per heavy atom. The van der Waals surface area contributed by atoms with Gasteiger partial charge in [0.05, 0.1) is 18.1 Å². The third kappa shape index (κ3) is 4.56. The predicted molar refractivity (Wildman–Crippen MR) is 111 cm³/mol. The number of anilines is 1. The molecule has 3 N–H and O–H groups in total. The lowest BCUT2D eigenvalue weighted by molar-refractivity contribution is -0.131. The molecule has 29 heavy (non-hydrogen) atoms. The minimum Gasteiger partial charge on any atom is -0.497 e. The molecule has 9 nitrogen and oxygen atoms in total. The Morgan fingerprint density at radius 3 is 2.72 bits per heavy atom. The van der Waals surface area contributed by atoms with Crippen LogP contribution in [0.5, 0.6) is 5.75 Å². The molecule has 1 atom stereocenters. The highest BCUT2D eigenvalue weighted by molar-refractivity contribution is 5.84. The fourth-order valence-electron chi connectivity index (χ4n) is 3.08. The van der Waals surface area contributed by atoms with Crippen molar-refractivity contribution >= 4 is 28.4 Å². The molecule has 1 amide bonds. The molecule has 0 radical (unpaired) electrons. The molecule has 3 aromatic rings. The molecule has 9 heteroatoms. The molecule has 0 fully saturated rings. The van der Waals surface area contributed by atoms with E-state index in [4.69, 9.17) is 9.72 Å². The maximum Gasteiger partial charge on any atom is 0.249 e. The van der Waals surface area contributed by atoms with Crippen molar-refractivity contribution in [3.8, 4) is 5.75 Å². The number of hydrogen-bond acceptors (Lipinski definition) is 7. The molecule has 0 unspecified atom stereocenters. The third-order valence-electron chi connectivity index (χ3n) is 4.79. The van der Waals surface area contributed by atoms with E-state index in [0.29, 0.717) is 24.6 Å². The monoisotopic (exact) mass is 400 g/mol. The lowest BCUT2D eigenvalue weighted by Gasteiger charge is -2.14. The van der Waals surface area contributed by atoms with Crippen molar-refractivity contribution in [2.45, 2.75) is 39.7 Å². The topological polar surface area (TPSA) is 114 Å². The van der Waals surface area contributed by atoms with Gasteiger partial charge in [0, 0.05) is 19.2 Å². The van der Waals surface area contributed by atoms with Crippen LogP contribution in [0, 0.1) is 12.8 Å². The Hall–Kier alpha value is -2.94. The molecule has 0 aliphatic rings. The van der Waals surface area contributed by atoms with Crippen molar-refractivity contribution in [2.75, 3.05) is 25.5 Å².